The Morgan fingerprint density at radius 3 is 2.33 bits per heavy atom. The van der Waals surface area contributed by atoms with Crippen molar-refractivity contribution in [1.82, 2.24) is 0 Å². The van der Waals surface area contributed by atoms with Crippen LogP contribution in [0.2, 0.25) is 0 Å². The molecule has 0 fully saturated rings. The van der Waals surface area contributed by atoms with Crippen molar-refractivity contribution < 1.29 is 0 Å². The maximum Gasteiger partial charge on any atom is 0.0485 e. The molecule has 0 N–H and O–H groups in total. The highest BCUT2D eigenvalue weighted by atomic mass is 32.1. The zero-order valence-electron chi connectivity index (χ0n) is 10.1. The molecule has 0 aliphatic heterocycles. The maximum absolute atomic E-state index is 2.32. The van der Waals surface area contributed by atoms with Crippen LogP contribution < -0.4 is 0 Å². The molecule has 2 rings (SSSR count). The van der Waals surface area contributed by atoms with E-state index in [1.54, 1.807) is 4.88 Å². The van der Waals surface area contributed by atoms with Crippen molar-refractivity contribution in [2.75, 3.05) is 0 Å². The fourth-order valence-corrected chi connectivity index (χ4v) is 4.65. The van der Waals surface area contributed by atoms with Crippen LogP contribution in [-0.2, 0) is 6.42 Å². The second-order valence-electron chi connectivity index (χ2n) is 5.44. The van der Waals surface area contributed by atoms with Gasteiger partial charge in [-0.05, 0) is 37.3 Å². The van der Waals surface area contributed by atoms with E-state index < -0.39 is 0 Å². The first-order valence-corrected chi connectivity index (χ1v) is 6.98. The molecular formula is C13H18S2. The molecule has 2 aromatic rings. The van der Waals surface area contributed by atoms with Gasteiger partial charge in [0.25, 0.3) is 0 Å². The maximum atomic E-state index is 2.32. The Hall–Kier alpha value is -0.340. The summed E-state index contributed by atoms with van der Waals surface area (Å²) in [6.07, 6.45) is 1.20. The van der Waals surface area contributed by atoms with E-state index in [9.17, 15) is 0 Å². The molecule has 0 aromatic carbocycles. The highest BCUT2D eigenvalue weighted by molar-refractivity contribution is 7.28. The first-order valence-electron chi connectivity index (χ1n) is 5.35. The van der Waals surface area contributed by atoms with Gasteiger partial charge in [-0.1, -0.05) is 20.8 Å². The lowest BCUT2D eigenvalue weighted by molar-refractivity contribution is 0.414. The number of thiophene rings is 2. The van der Waals surface area contributed by atoms with Gasteiger partial charge >= 0.3 is 0 Å². The Morgan fingerprint density at radius 1 is 1.13 bits per heavy atom. The van der Waals surface area contributed by atoms with Crippen LogP contribution in [0.1, 0.15) is 36.1 Å². The molecule has 0 nitrogen and oxygen atoms in total. The molecule has 0 unspecified atom stereocenters. The van der Waals surface area contributed by atoms with Gasteiger partial charge in [-0.3, -0.25) is 0 Å². The zero-order valence-corrected chi connectivity index (χ0v) is 11.7. The van der Waals surface area contributed by atoms with E-state index in [-0.39, 0.29) is 0 Å². The molecule has 2 aromatic heterocycles. The van der Waals surface area contributed by atoms with E-state index in [1.807, 2.05) is 22.7 Å². The van der Waals surface area contributed by atoms with Gasteiger partial charge in [0, 0.05) is 19.2 Å². The number of rotatable bonds is 1. The summed E-state index contributed by atoms with van der Waals surface area (Å²) in [5.74, 6) is 0. The van der Waals surface area contributed by atoms with Gasteiger partial charge in [0.2, 0.25) is 0 Å². The summed E-state index contributed by atoms with van der Waals surface area (Å²) in [5, 5.41) is 0. The van der Waals surface area contributed by atoms with Crippen LogP contribution in [0.25, 0.3) is 9.40 Å². The summed E-state index contributed by atoms with van der Waals surface area (Å²) < 4.78 is 2.99. The second-order valence-corrected chi connectivity index (χ2v) is 7.83. The fraction of sp³-hybridized carbons (Fsp3) is 0.538. The van der Waals surface area contributed by atoms with E-state index in [4.69, 9.17) is 0 Å². The Kier molecular flexibility index (Phi) is 2.68. The predicted molar refractivity (Wildman–Crippen MR) is 72.3 cm³/mol. The Labute approximate surface area is 99.9 Å². The molecule has 82 valence electrons. The minimum Gasteiger partial charge on any atom is -0.139 e. The van der Waals surface area contributed by atoms with E-state index in [0.717, 1.165) is 0 Å². The molecular weight excluding hydrogens is 220 g/mol. The van der Waals surface area contributed by atoms with Gasteiger partial charge in [0.05, 0.1) is 0 Å². The third-order valence-corrected chi connectivity index (χ3v) is 5.04. The average Bonchev–Trinajstić information content (AvgIpc) is 2.51. The standard InChI is InChI=1S/C13H18S2/c1-8-6-10-12(14-8)9(2)11(15-10)7-13(3,4)5/h6H,7H2,1-5H3. The van der Waals surface area contributed by atoms with Crippen molar-refractivity contribution >= 4 is 32.1 Å². The minimum absolute atomic E-state index is 0.396. The molecule has 15 heavy (non-hydrogen) atoms. The molecule has 2 heteroatoms. The Balaban J connectivity index is 2.45. The summed E-state index contributed by atoms with van der Waals surface area (Å²) in [6, 6.07) is 2.32. The number of hydrogen-bond acceptors (Lipinski definition) is 2. The van der Waals surface area contributed by atoms with Crippen LogP contribution in [0.4, 0.5) is 0 Å². The number of hydrogen-bond donors (Lipinski definition) is 0. The number of aryl methyl sites for hydroxylation is 2. The van der Waals surface area contributed by atoms with E-state index in [1.165, 1.54) is 26.3 Å². The van der Waals surface area contributed by atoms with Crippen molar-refractivity contribution in [3.63, 3.8) is 0 Å². The molecule has 0 spiro atoms. The molecule has 0 radical (unpaired) electrons. The van der Waals surface area contributed by atoms with Gasteiger partial charge in [-0.2, -0.15) is 0 Å². The lowest BCUT2D eigenvalue weighted by atomic mass is 9.90. The number of fused-ring (bicyclic) bond motifs is 1. The molecule has 0 saturated carbocycles. The van der Waals surface area contributed by atoms with Crippen LogP contribution in [0.5, 0.6) is 0 Å². The Morgan fingerprint density at radius 2 is 1.80 bits per heavy atom. The summed E-state index contributed by atoms with van der Waals surface area (Å²) in [7, 11) is 0. The van der Waals surface area contributed by atoms with Crippen molar-refractivity contribution in [3.05, 3.63) is 21.4 Å². The summed E-state index contributed by atoms with van der Waals surface area (Å²) in [6.45, 7) is 11.4. The monoisotopic (exact) mass is 238 g/mol. The topological polar surface area (TPSA) is 0 Å². The Bertz CT molecular complexity index is 480. The van der Waals surface area contributed by atoms with Crippen LogP contribution in [0, 0.1) is 19.3 Å². The highest BCUT2D eigenvalue weighted by Crippen LogP contribution is 2.39. The lowest BCUT2D eigenvalue weighted by Crippen LogP contribution is -2.08. The first-order chi connectivity index (χ1) is 6.87. The van der Waals surface area contributed by atoms with Gasteiger partial charge in [0.1, 0.15) is 0 Å². The second kappa shape index (κ2) is 3.60. The van der Waals surface area contributed by atoms with Crippen LogP contribution in [0.15, 0.2) is 6.07 Å². The smallest absolute Gasteiger partial charge is 0.0485 e. The molecule has 0 amide bonds. The molecule has 2 heterocycles. The largest absolute Gasteiger partial charge is 0.139 e. The zero-order chi connectivity index (χ0) is 11.2. The summed E-state index contributed by atoms with van der Waals surface area (Å²) in [4.78, 5) is 3.01. The SMILES string of the molecule is Cc1cc2sc(CC(C)(C)C)c(C)c2s1. The summed E-state index contributed by atoms with van der Waals surface area (Å²) in [5.41, 5.74) is 1.91. The van der Waals surface area contributed by atoms with Gasteiger partial charge in [-0.25, -0.2) is 0 Å². The molecule has 0 atom stereocenters. The highest BCUT2D eigenvalue weighted by Gasteiger charge is 2.17. The van der Waals surface area contributed by atoms with Crippen molar-refractivity contribution in [1.29, 1.82) is 0 Å². The third-order valence-electron chi connectivity index (χ3n) is 2.50. The first kappa shape index (κ1) is 11.2. The van der Waals surface area contributed by atoms with Crippen LogP contribution >= 0.6 is 22.7 Å². The van der Waals surface area contributed by atoms with E-state index in [2.05, 4.69) is 40.7 Å². The van der Waals surface area contributed by atoms with Gasteiger partial charge in [-0.15, -0.1) is 22.7 Å². The molecule has 0 bridgehead atoms. The van der Waals surface area contributed by atoms with Crippen LogP contribution in [0.3, 0.4) is 0 Å². The predicted octanol–water partition coefficient (Wildman–Crippen LogP) is 5.17. The van der Waals surface area contributed by atoms with Crippen LogP contribution in [-0.4, -0.2) is 0 Å². The fourth-order valence-electron chi connectivity index (χ4n) is 1.81. The van der Waals surface area contributed by atoms with Crippen molar-refractivity contribution in [2.45, 2.75) is 41.0 Å². The third kappa shape index (κ3) is 2.26. The van der Waals surface area contributed by atoms with Gasteiger partial charge < -0.3 is 0 Å². The average molecular weight is 238 g/mol. The minimum atomic E-state index is 0.396. The lowest BCUT2D eigenvalue weighted by Gasteiger charge is -2.17. The van der Waals surface area contributed by atoms with E-state index >= 15 is 0 Å². The molecule has 0 aliphatic rings. The normalized spacial score (nSPS) is 12.6. The van der Waals surface area contributed by atoms with Crippen molar-refractivity contribution in [2.24, 2.45) is 5.41 Å². The van der Waals surface area contributed by atoms with Crippen molar-refractivity contribution in [3.8, 4) is 0 Å². The summed E-state index contributed by atoms with van der Waals surface area (Å²) >= 11 is 3.92. The van der Waals surface area contributed by atoms with E-state index in [0.29, 0.717) is 5.41 Å². The molecule has 0 aliphatic carbocycles. The van der Waals surface area contributed by atoms with Gasteiger partial charge in [0.15, 0.2) is 0 Å². The molecule has 0 saturated heterocycles. The quantitative estimate of drug-likeness (QED) is 0.643.